The summed E-state index contributed by atoms with van der Waals surface area (Å²) in [5.74, 6) is 0.0886. The average molecular weight is 398 g/mol. The van der Waals surface area contributed by atoms with E-state index in [1.54, 1.807) is 35.6 Å². The summed E-state index contributed by atoms with van der Waals surface area (Å²) in [5, 5.41) is 11.1. The van der Waals surface area contributed by atoms with Crippen LogP contribution in [0.2, 0.25) is 0 Å². The van der Waals surface area contributed by atoms with Crippen molar-refractivity contribution in [1.82, 2.24) is 19.9 Å². The van der Waals surface area contributed by atoms with Gasteiger partial charge in [0.1, 0.15) is 0 Å². The molecule has 1 unspecified atom stereocenters. The first-order valence-electron chi connectivity index (χ1n) is 9.27. The molecule has 3 aromatic rings. The number of hydrogen-bond donors (Lipinski definition) is 1. The first kappa shape index (κ1) is 18.6. The number of nitrogens with one attached hydrogen (secondary N) is 1. The minimum atomic E-state index is -3.79. The van der Waals surface area contributed by atoms with Crippen molar-refractivity contribution in [3.05, 3.63) is 60.0 Å². The maximum Gasteiger partial charge on any atom is 0.242 e. The zero-order valence-corrected chi connectivity index (χ0v) is 16.6. The van der Waals surface area contributed by atoms with Crippen LogP contribution in [0.15, 0.2) is 53.6 Å². The number of fused-ring (bicyclic) bond motifs is 1. The fourth-order valence-corrected chi connectivity index (χ4v) is 5.68. The molecule has 1 amide bonds. The van der Waals surface area contributed by atoms with Crippen LogP contribution in [0, 0.1) is 6.92 Å². The molecule has 1 atom stereocenters. The molecule has 0 saturated heterocycles. The lowest BCUT2D eigenvalue weighted by atomic mass is 9.83. The fourth-order valence-electron chi connectivity index (χ4n) is 3.61. The third-order valence-corrected chi connectivity index (χ3v) is 8.01. The van der Waals surface area contributed by atoms with Gasteiger partial charge in [0.2, 0.25) is 5.91 Å². The van der Waals surface area contributed by atoms with E-state index in [1.807, 2.05) is 31.3 Å². The molecule has 1 N–H and O–H groups in total. The summed E-state index contributed by atoms with van der Waals surface area (Å²) >= 11 is 0. The van der Waals surface area contributed by atoms with Crippen molar-refractivity contribution in [2.45, 2.75) is 48.8 Å². The van der Waals surface area contributed by atoms with E-state index < -0.39 is 26.5 Å². The Morgan fingerprint density at radius 1 is 1.14 bits per heavy atom. The second kappa shape index (κ2) is 6.70. The zero-order valence-electron chi connectivity index (χ0n) is 15.8. The molecule has 0 radical (unpaired) electrons. The monoisotopic (exact) mass is 398 g/mol. The van der Waals surface area contributed by atoms with Crippen molar-refractivity contribution in [2.24, 2.45) is 0 Å². The van der Waals surface area contributed by atoms with E-state index in [1.165, 1.54) is 0 Å². The summed E-state index contributed by atoms with van der Waals surface area (Å²) in [5.41, 5.74) is 1.64. The minimum Gasteiger partial charge on any atom is -0.345 e. The third kappa shape index (κ3) is 2.79. The summed E-state index contributed by atoms with van der Waals surface area (Å²) in [6, 6.07) is 11.7. The summed E-state index contributed by atoms with van der Waals surface area (Å²) in [6.45, 7) is 3.68. The lowest BCUT2D eigenvalue weighted by molar-refractivity contribution is -0.126. The molecule has 1 aliphatic rings. The molecule has 28 heavy (non-hydrogen) atoms. The van der Waals surface area contributed by atoms with Crippen LogP contribution in [0.4, 0.5) is 0 Å². The number of benzene rings is 1. The smallest absolute Gasteiger partial charge is 0.242 e. The number of sulfone groups is 1. The number of hydrogen-bond acceptors (Lipinski definition) is 5. The van der Waals surface area contributed by atoms with E-state index in [2.05, 4.69) is 15.5 Å². The van der Waals surface area contributed by atoms with Crippen molar-refractivity contribution in [2.75, 3.05) is 0 Å². The Bertz CT molecular complexity index is 1130. The Hall–Kier alpha value is -2.74. The fraction of sp³-hybridized carbons (Fsp3) is 0.350. The van der Waals surface area contributed by atoms with Gasteiger partial charge in [0, 0.05) is 6.20 Å². The normalized spacial score (nSPS) is 17.1. The van der Waals surface area contributed by atoms with Gasteiger partial charge in [-0.15, -0.1) is 10.2 Å². The highest BCUT2D eigenvalue weighted by atomic mass is 32.2. The predicted molar refractivity (Wildman–Crippen MR) is 104 cm³/mol. The molecule has 0 bridgehead atoms. The van der Waals surface area contributed by atoms with Gasteiger partial charge >= 0.3 is 0 Å². The molecule has 0 spiro atoms. The Balaban J connectivity index is 1.63. The second-order valence-corrected chi connectivity index (χ2v) is 9.61. The molecule has 1 fully saturated rings. The molecule has 0 aliphatic heterocycles. The van der Waals surface area contributed by atoms with Gasteiger partial charge < -0.3 is 5.32 Å². The van der Waals surface area contributed by atoms with Gasteiger partial charge in [-0.25, -0.2) is 8.42 Å². The number of rotatable bonds is 5. The highest BCUT2D eigenvalue weighted by Crippen LogP contribution is 2.43. The summed E-state index contributed by atoms with van der Waals surface area (Å²) in [7, 11) is -3.79. The van der Waals surface area contributed by atoms with Crippen molar-refractivity contribution in [3.63, 3.8) is 0 Å². The molecule has 4 rings (SSSR count). The van der Waals surface area contributed by atoms with E-state index in [9.17, 15) is 13.2 Å². The number of pyridine rings is 1. The highest BCUT2D eigenvalue weighted by molar-refractivity contribution is 7.93. The van der Waals surface area contributed by atoms with Gasteiger partial charge in [0.15, 0.2) is 26.1 Å². The molecule has 1 aromatic carbocycles. The molecule has 2 heterocycles. The molecule has 7 nitrogen and oxygen atoms in total. The van der Waals surface area contributed by atoms with Crippen LogP contribution in [-0.2, 0) is 14.6 Å². The Morgan fingerprint density at radius 3 is 2.50 bits per heavy atom. The summed E-state index contributed by atoms with van der Waals surface area (Å²) < 4.78 is 26.9. The van der Waals surface area contributed by atoms with E-state index >= 15 is 0 Å². The van der Waals surface area contributed by atoms with Gasteiger partial charge in [0.05, 0.1) is 10.9 Å². The number of carbonyl (C=O) groups excluding carboxylic acids is 1. The maximum absolute atomic E-state index is 13.3. The van der Waals surface area contributed by atoms with Crippen LogP contribution in [0.3, 0.4) is 0 Å². The van der Waals surface area contributed by atoms with Crippen molar-refractivity contribution >= 4 is 21.4 Å². The number of aromatic nitrogens is 3. The minimum absolute atomic E-state index is 0.188. The van der Waals surface area contributed by atoms with Gasteiger partial charge in [-0.3, -0.25) is 9.20 Å². The van der Waals surface area contributed by atoms with Crippen LogP contribution in [-0.4, -0.2) is 33.7 Å². The molecule has 8 heteroatoms. The van der Waals surface area contributed by atoms with Gasteiger partial charge in [-0.05, 0) is 57.4 Å². The number of aryl methyl sites for hydroxylation is 1. The topological polar surface area (TPSA) is 93.4 Å². The summed E-state index contributed by atoms with van der Waals surface area (Å²) in [4.78, 5) is 13.3. The van der Waals surface area contributed by atoms with Gasteiger partial charge in [-0.2, -0.15) is 0 Å². The van der Waals surface area contributed by atoms with E-state index in [4.69, 9.17) is 0 Å². The average Bonchev–Trinajstić information content (AvgIpc) is 3.05. The van der Waals surface area contributed by atoms with Crippen LogP contribution in [0.25, 0.3) is 5.65 Å². The standard InChI is InChI=1S/C20H22N4O3S/c1-14-7-9-16(10-8-14)28(26,27)20(11-5-12-20)19(25)21-15(2)18-23-22-17-6-3-4-13-24(17)18/h3-4,6-10,13,15H,5,11-12H2,1-2H3,(H,21,25). The van der Waals surface area contributed by atoms with Crippen molar-refractivity contribution in [1.29, 1.82) is 0 Å². The van der Waals surface area contributed by atoms with E-state index in [0.717, 1.165) is 5.56 Å². The molecular formula is C20H22N4O3S. The van der Waals surface area contributed by atoms with Crippen molar-refractivity contribution < 1.29 is 13.2 Å². The predicted octanol–water partition coefficient (Wildman–Crippen LogP) is 2.61. The SMILES string of the molecule is Cc1ccc(S(=O)(=O)C2(C(=O)NC(C)c3nnc4ccccn34)CCC2)cc1. The van der Waals surface area contributed by atoms with Gasteiger partial charge in [-0.1, -0.05) is 23.8 Å². The molecular weight excluding hydrogens is 376 g/mol. The Morgan fingerprint density at radius 2 is 1.86 bits per heavy atom. The van der Waals surface area contributed by atoms with Crippen molar-refractivity contribution in [3.8, 4) is 0 Å². The van der Waals surface area contributed by atoms with Gasteiger partial charge in [0.25, 0.3) is 0 Å². The van der Waals surface area contributed by atoms with E-state index in [-0.39, 0.29) is 4.90 Å². The largest absolute Gasteiger partial charge is 0.345 e. The molecule has 1 saturated carbocycles. The summed E-state index contributed by atoms with van der Waals surface area (Å²) in [6.07, 6.45) is 3.17. The van der Waals surface area contributed by atoms with Crippen LogP contribution >= 0.6 is 0 Å². The lowest BCUT2D eigenvalue weighted by Gasteiger charge is -2.39. The first-order valence-corrected chi connectivity index (χ1v) is 10.8. The number of amides is 1. The molecule has 1 aliphatic carbocycles. The maximum atomic E-state index is 13.3. The highest BCUT2D eigenvalue weighted by Gasteiger charge is 2.55. The number of nitrogens with zero attached hydrogens (tertiary/aromatic N) is 3. The van der Waals surface area contributed by atoms with Crippen LogP contribution < -0.4 is 5.32 Å². The van der Waals surface area contributed by atoms with E-state index in [0.29, 0.717) is 30.7 Å². The quantitative estimate of drug-likeness (QED) is 0.713. The van der Waals surface area contributed by atoms with Crippen LogP contribution in [0.1, 0.15) is 43.6 Å². The second-order valence-electron chi connectivity index (χ2n) is 7.35. The molecule has 146 valence electrons. The third-order valence-electron chi connectivity index (χ3n) is 5.50. The lowest BCUT2D eigenvalue weighted by Crippen LogP contribution is -2.57. The Kier molecular flexibility index (Phi) is 4.45. The van der Waals surface area contributed by atoms with Crippen LogP contribution in [0.5, 0.6) is 0 Å². The zero-order chi connectivity index (χ0) is 19.9. The Labute approximate surface area is 163 Å². The molecule has 2 aromatic heterocycles. The first-order chi connectivity index (χ1) is 13.3. The number of carbonyl (C=O) groups is 1.